The highest BCUT2D eigenvalue weighted by atomic mass is 16.5. The van der Waals surface area contributed by atoms with Crippen LogP contribution in [0.2, 0.25) is 0 Å². The lowest BCUT2D eigenvalue weighted by Gasteiger charge is -2.24. The normalized spacial score (nSPS) is 27.1. The number of guanidine groups is 1. The molecule has 1 atom stereocenters. The maximum absolute atomic E-state index is 11.1. The maximum Gasteiger partial charge on any atom is 0.307 e. The van der Waals surface area contributed by atoms with Crippen LogP contribution in [0, 0.1) is 5.41 Å². The molecule has 2 fully saturated rings. The van der Waals surface area contributed by atoms with Crippen molar-refractivity contribution in [1.29, 1.82) is 0 Å². The van der Waals surface area contributed by atoms with Crippen molar-refractivity contribution in [2.24, 2.45) is 10.4 Å². The minimum atomic E-state index is -0.204. The highest BCUT2D eigenvalue weighted by Crippen LogP contribution is 2.38. The summed E-state index contributed by atoms with van der Waals surface area (Å²) in [5, 5.41) is 3.22. The van der Waals surface area contributed by atoms with Gasteiger partial charge in [0.15, 0.2) is 5.96 Å². The molecule has 2 aliphatic heterocycles. The first kappa shape index (κ1) is 14.1. The van der Waals surface area contributed by atoms with Gasteiger partial charge < -0.3 is 19.7 Å². The molecule has 0 aliphatic carbocycles. The fourth-order valence-corrected chi connectivity index (χ4v) is 2.80. The van der Waals surface area contributed by atoms with Crippen LogP contribution in [0.15, 0.2) is 4.99 Å². The van der Waals surface area contributed by atoms with Gasteiger partial charge >= 0.3 is 5.97 Å². The summed E-state index contributed by atoms with van der Waals surface area (Å²) in [5.41, 5.74) is 0.319. The molecule has 1 N–H and O–H groups in total. The van der Waals surface area contributed by atoms with Gasteiger partial charge in [0.1, 0.15) is 0 Å². The van der Waals surface area contributed by atoms with Crippen molar-refractivity contribution in [2.45, 2.75) is 19.3 Å². The molecule has 108 valence electrons. The van der Waals surface area contributed by atoms with Crippen LogP contribution in [-0.2, 0) is 14.3 Å². The van der Waals surface area contributed by atoms with Crippen LogP contribution in [0.1, 0.15) is 19.3 Å². The number of hydrogen-bond donors (Lipinski definition) is 1. The first-order valence-corrected chi connectivity index (χ1v) is 6.79. The summed E-state index contributed by atoms with van der Waals surface area (Å²) < 4.78 is 10.1. The summed E-state index contributed by atoms with van der Waals surface area (Å²) in [7, 11) is 3.18. The van der Waals surface area contributed by atoms with Gasteiger partial charge in [-0.2, -0.15) is 0 Å². The molecule has 2 rings (SSSR count). The summed E-state index contributed by atoms with van der Waals surface area (Å²) in [5.74, 6) is 0.665. The molecule has 0 amide bonds. The molecule has 0 radical (unpaired) electrons. The van der Waals surface area contributed by atoms with Gasteiger partial charge in [-0.1, -0.05) is 0 Å². The Labute approximate surface area is 114 Å². The second-order valence-electron chi connectivity index (χ2n) is 5.27. The Morgan fingerprint density at radius 3 is 3.00 bits per heavy atom. The Morgan fingerprint density at radius 1 is 1.53 bits per heavy atom. The van der Waals surface area contributed by atoms with E-state index in [0.717, 1.165) is 45.1 Å². The fraction of sp³-hybridized carbons (Fsp3) is 0.846. The van der Waals surface area contributed by atoms with Crippen LogP contribution in [0.3, 0.4) is 0 Å². The van der Waals surface area contributed by atoms with Crippen molar-refractivity contribution in [3.8, 4) is 0 Å². The quantitative estimate of drug-likeness (QED) is 0.452. The Balaban J connectivity index is 1.81. The van der Waals surface area contributed by atoms with Crippen LogP contribution >= 0.6 is 0 Å². The van der Waals surface area contributed by atoms with Crippen LogP contribution in [0.5, 0.6) is 0 Å². The van der Waals surface area contributed by atoms with Crippen LogP contribution in [0.25, 0.3) is 0 Å². The third-order valence-electron chi connectivity index (χ3n) is 3.97. The average Bonchev–Trinajstić information content (AvgIpc) is 3.05. The van der Waals surface area contributed by atoms with E-state index < -0.39 is 0 Å². The number of carbonyl (C=O) groups is 1. The van der Waals surface area contributed by atoms with E-state index in [1.54, 1.807) is 7.05 Å². The highest BCUT2D eigenvalue weighted by Gasteiger charge is 2.42. The molecule has 0 aromatic rings. The minimum Gasteiger partial charge on any atom is -0.469 e. The van der Waals surface area contributed by atoms with Crippen molar-refractivity contribution >= 4 is 11.9 Å². The van der Waals surface area contributed by atoms with Crippen molar-refractivity contribution < 1.29 is 14.3 Å². The number of ether oxygens (including phenoxy) is 2. The summed E-state index contributed by atoms with van der Waals surface area (Å²) in [6.07, 6.45) is 2.66. The van der Waals surface area contributed by atoms with Crippen LogP contribution < -0.4 is 5.32 Å². The third-order valence-corrected chi connectivity index (χ3v) is 3.97. The number of nitrogens with one attached hydrogen (secondary N) is 1. The van der Waals surface area contributed by atoms with Gasteiger partial charge in [0.25, 0.3) is 0 Å². The second-order valence-corrected chi connectivity index (χ2v) is 5.27. The number of esters is 1. The lowest BCUT2D eigenvalue weighted by atomic mass is 9.87. The number of aliphatic imine (C=N–C) groups is 1. The average molecular weight is 269 g/mol. The number of likely N-dealkylation sites (tertiary alicyclic amines) is 1. The second kappa shape index (κ2) is 6.23. The molecule has 0 aromatic carbocycles. The van der Waals surface area contributed by atoms with Gasteiger partial charge in [-0.15, -0.1) is 0 Å². The van der Waals surface area contributed by atoms with Crippen molar-refractivity contribution in [1.82, 2.24) is 10.2 Å². The lowest BCUT2D eigenvalue weighted by Crippen LogP contribution is -2.42. The van der Waals surface area contributed by atoms with Crippen molar-refractivity contribution in [3.63, 3.8) is 0 Å². The molecule has 6 nitrogen and oxygen atoms in total. The Hall–Kier alpha value is -1.30. The molecule has 1 spiro atoms. The van der Waals surface area contributed by atoms with Crippen molar-refractivity contribution in [3.05, 3.63) is 0 Å². The minimum absolute atomic E-state index is 0.204. The number of rotatable bonds is 3. The van der Waals surface area contributed by atoms with E-state index in [1.165, 1.54) is 7.11 Å². The van der Waals surface area contributed by atoms with E-state index in [1.807, 2.05) is 0 Å². The molecular weight excluding hydrogens is 246 g/mol. The molecule has 2 aliphatic rings. The van der Waals surface area contributed by atoms with Gasteiger partial charge in [-0.3, -0.25) is 9.79 Å². The lowest BCUT2D eigenvalue weighted by molar-refractivity contribution is -0.140. The van der Waals surface area contributed by atoms with Gasteiger partial charge in [-0.25, -0.2) is 0 Å². The predicted octanol–water partition coefficient (Wildman–Crippen LogP) is 0.237. The van der Waals surface area contributed by atoms with Gasteiger partial charge in [0.05, 0.1) is 20.1 Å². The number of methoxy groups -OCH3 is 1. The molecule has 19 heavy (non-hydrogen) atoms. The van der Waals surface area contributed by atoms with E-state index >= 15 is 0 Å². The zero-order chi connectivity index (χ0) is 13.7. The molecule has 6 heteroatoms. The van der Waals surface area contributed by atoms with E-state index in [0.29, 0.717) is 18.4 Å². The summed E-state index contributed by atoms with van der Waals surface area (Å²) in [6, 6.07) is 0. The zero-order valence-electron chi connectivity index (χ0n) is 11.8. The monoisotopic (exact) mass is 269 g/mol. The maximum atomic E-state index is 11.1. The Bertz CT molecular complexity index is 351. The van der Waals surface area contributed by atoms with Crippen LogP contribution in [-0.4, -0.2) is 63.8 Å². The summed E-state index contributed by atoms with van der Waals surface area (Å²) in [6.45, 7) is 4.29. The van der Waals surface area contributed by atoms with Crippen molar-refractivity contribution in [2.75, 3.05) is 47.0 Å². The molecule has 2 saturated heterocycles. The molecule has 0 bridgehead atoms. The molecule has 2 heterocycles. The Morgan fingerprint density at radius 2 is 2.37 bits per heavy atom. The molecular formula is C13H23N3O3. The smallest absolute Gasteiger partial charge is 0.307 e. The Kier molecular flexibility index (Phi) is 4.63. The van der Waals surface area contributed by atoms with Crippen LogP contribution in [0.4, 0.5) is 0 Å². The number of carbonyl (C=O) groups excluding carboxylic acids is 1. The van der Waals surface area contributed by atoms with Gasteiger partial charge in [-0.05, 0) is 12.8 Å². The van der Waals surface area contributed by atoms with E-state index in [4.69, 9.17) is 4.74 Å². The molecule has 0 saturated carbocycles. The van der Waals surface area contributed by atoms with E-state index in [9.17, 15) is 4.79 Å². The highest BCUT2D eigenvalue weighted by molar-refractivity contribution is 5.80. The number of hydrogen-bond acceptors (Lipinski definition) is 4. The van der Waals surface area contributed by atoms with E-state index in [2.05, 4.69) is 19.9 Å². The summed E-state index contributed by atoms with van der Waals surface area (Å²) in [4.78, 5) is 17.6. The topological polar surface area (TPSA) is 63.2 Å². The number of nitrogens with zero attached hydrogens (tertiary/aromatic N) is 2. The first-order chi connectivity index (χ1) is 9.19. The largest absolute Gasteiger partial charge is 0.469 e. The predicted molar refractivity (Wildman–Crippen MR) is 72.1 cm³/mol. The van der Waals surface area contributed by atoms with Gasteiger partial charge in [0.2, 0.25) is 0 Å². The standard InChI is InChI=1S/C13H23N3O3/c1-14-12(15-6-3-11(17)18-2)16-7-4-13(9-16)5-8-19-10-13/h3-10H2,1-2H3,(H,14,15). The summed E-state index contributed by atoms with van der Waals surface area (Å²) >= 11 is 0. The van der Waals surface area contributed by atoms with Gasteiger partial charge in [0, 0.05) is 38.7 Å². The third kappa shape index (κ3) is 3.37. The first-order valence-electron chi connectivity index (χ1n) is 6.79. The molecule has 1 unspecified atom stereocenters. The fourth-order valence-electron chi connectivity index (χ4n) is 2.80. The SMILES string of the molecule is CN=C(NCCC(=O)OC)N1CCC2(CCOC2)C1. The molecule has 0 aromatic heterocycles. The van der Waals surface area contributed by atoms with E-state index in [-0.39, 0.29) is 5.97 Å². The zero-order valence-corrected chi connectivity index (χ0v) is 11.8.